The molecule has 0 aliphatic rings. The molecule has 110 valence electrons. The third kappa shape index (κ3) is 6.78. The second kappa shape index (κ2) is 10.8. The van der Waals surface area contributed by atoms with E-state index in [1.807, 2.05) is 0 Å². The summed E-state index contributed by atoms with van der Waals surface area (Å²) in [7, 11) is 0. The van der Waals surface area contributed by atoms with Crippen molar-refractivity contribution in [3.8, 4) is 0 Å². The molecule has 0 saturated heterocycles. The van der Waals surface area contributed by atoms with Gasteiger partial charge in [0.2, 0.25) is 0 Å². The van der Waals surface area contributed by atoms with Gasteiger partial charge in [-0.25, -0.2) is 0 Å². The molecule has 0 aliphatic heterocycles. The maximum absolute atomic E-state index is 9.05. The first-order chi connectivity index (χ1) is 8.58. The van der Waals surface area contributed by atoms with Crippen LogP contribution in [-0.2, 0) is 0 Å². The zero-order valence-corrected chi connectivity index (χ0v) is 13.4. The molecule has 0 bridgehead atoms. The van der Waals surface area contributed by atoms with E-state index < -0.39 is 0 Å². The van der Waals surface area contributed by atoms with Crippen molar-refractivity contribution < 1.29 is 5.11 Å². The van der Waals surface area contributed by atoms with Crippen LogP contribution in [0.2, 0.25) is 0 Å². The molecule has 4 atom stereocenters. The van der Waals surface area contributed by atoms with E-state index in [2.05, 4.69) is 34.6 Å². The monoisotopic (exact) mass is 256 g/mol. The van der Waals surface area contributed by atoms with Gasteiger partial charge in [-0.1, -0.05) is 66.7 Å². The molecule has 1 nitrogen and oxygen atoms in total. The lowest BCUT2D eigenvalue weighted by Crippen LogP contribution is -2.24. The minimum absolute atomic E-state index is 0.355. The summed E-state index contributed by atoms with van der Waals surface area (Å²) in [5, 5.41) is 9.05. The molecule has 0 saturated carbocycles. The maximum atomic E-state index is 9.05. The summed E-state index contributed by atoms with van der Waals surface area (Å²) in [6.07, 6.45) is 8.83. The van der Waals surface area contributed by atoms with Crippen molar-refractivity contribution in [3.05, 3.63) is 0 Å². The zero-order chi connectivity index (χ0) is 14.0. The Morgan fingerprint density at radius 2 is 1.39 bits per heavy atom. The quantitative estimate of drug-likeness (QED) is 0.533. The van der Waals surface area contributed by atoms with E-state index >= 15 is 0 Å². The average Bonchev–Trinajstić information content (AvgIpc) is 2.37. The predicted molar refractivity (Wildman–Crippen MR) is 81.7 cm³/mol. The van der Waals surface area contributed by atoms with E-state index in [9.17, 15) is 0 Å². The lowest BCUT2D eigenvalue weighted by Gasteiger charge is -2.33. The van der Waals surface area contributed by atoms with E-state index in [1.54, 1.807) is 0 Å². The normalized spacial score (nSPS) is 18.3. The van der Waals surface area contributed by atoms with Crippen LogP contribution in [0.4, 0.5) is 0 Å². The molecule has 0 heterocycles. The summed E-state index contributed by atoms with van der Waals surface area (Å²) < 4.78 is 0. The fraction of sp³-hybridized carbons (Fsp3) is 1.00. The van der Waals surface area contributed by atoms with Gasteiger partial charge in [0, 0.05) is 6.61 Å². The predicted octanol–water partition coefficient (Wildman–Crippen LogP) is 5.27. The van der Waals surface area contributed by atoms with E-state index in [0.717, 1.165) is 30.1 Å². The van der Waals surface area contributed by atoms with Crippen molar-refractivity contribution in [2.45, 2.75) is 79.6 Å². The number of aliphatic hydroxyl groups is 1. The number of unbranched alkanes of at least 4 members (excludes halogenated alkanes) is 1. The molecule has 0 rings (SSSR count). The average molecular weight is 256 g/mol. The first kappa shape index (κ1) is 18.0. The summed E-state index contributed by atoms with van der Waals surface area (Å²) >= 11 is 0. The van der Waals surface area contributed by atoms with Crippen LogP contribution in [0.25, 0.3) is 0 Å². The summed E-state index contributed by atoms with van der Waals surface area (Å²) in [6.45, 7) is 12.2. The van der Waals surface area contributed by atoms with E-state index in [-0.39, 0.29) is 0 Å². The third-order valence-electron chi connectivity index (χ3n) is 4.88. The number of aliphatic hydroxyl groups excluding tert-OH is 1. The van der Waals surface area contributed by atoms with Crippen LogP contribution in [0.3, 0.4) is 0 Å². The Morgan fingerprint density at radius 1 is 0.778 bits per heavy atom. The van der Waals surface area contributed by atoms with Crippen LogP contribution in [-0.4, -0.2) is 11.7 Å². The van der Waals surface area contributed by atoms with Gasteiger partial charge in [-0.05, 0) is 36.5 Å². The van der Waals surface area contributed by atoms with Crippen LogP contribution >= 0.6 is 0 Å². The Bertz CT molecular complexity index is 170. The SMILES string of the molecule is CCCCC(CCCO)C(C)C(C)C(C)CCC. The van der Waals surface area contributed by atoms with Crippen LogP contribution in [0.15, 0.2) is 0 Å². The van der Waals surface area contributed by atoms with E-state index in [4.69, 9.17) is 5.11 Å². The summed E-state index contributed by atoms with van der Waals surface area (Å²) in [5.74, 6) is 3.25. The van der Waals surface area contributed by atoms with Crippen LogP contribution in [0.5, 0.6) is 0 Å². The van der Waals surface area contributed by atoms with Crippen molar-refractivity contribution in [2.24, 2.45) is 23.7 Å². The van der Waals surface area contributed by atoms with Crippen LogP contribution < -0.4 is 0 Å². The zero-order valence-electron chi connectivity index (χ0n) is 13.4. The van der Waals surface area contributed by atoms with Crippen molar-refractivity contribution in [2.75, 3.05) is 6.61 Å². The minimum atomic E-state index is 0.355. The first-order valence-corrected chi connectivity index (χ1v) is 8.19. The second-order valence-corrected chi connectivity index (χ2v) is 6.25. The topological polar surface area (TPSA) is 20.2 Å². The Labute approximate surface area is 115 Å². The summed E-state index contributed by atoms with van der Waals surface area (Å²) in [5.41, 5.74) is 0. The summed E-state index contributed by atoms with van der Waals surface area (Å²) in [6, 6.07) is 0. The van der Waals surface area contributed by atoms with Crippen LogP contribution in [0.1, 0.15) is 79.6 Å². The molecule has 1 N–H and O–H groups in total. The van der Waals surface area contributed by atoms with Gasteiger partial charge in [0.15, 0.2) is 0 Å². The molecule has 0 aromatic heterocycles. The van der Waals surface area contributed by atoms with Crippen molar-refractivity contribution in [3.63, 3.8) is 0 Å². The third-order valence-corrected chi connectivity index (χ3v) is 4.88. The highest BCUT2D eigenvalue weighted by Crippen LogP contribution is 2.34. The molecule has 0 fully saturated rings. The molecule has 0 aromatic carbocycles. The standard InChI is InChI=1S/C17H36O/c1-6-8-11-17(12-9-13-18)16(5)15(4)14(3)10-7-2/h14-18H,6-13H2,1-5H3. The molecule has 1 heteroatoms. The van der Waals surface area contributed by atoms with Crippen molar-refractivity contribution >= 4 is 0 Å². The Morgan fingerprint density at radius 3 is 1.89 bits per heavy atom. The minimum Gasteiger partial charge on any atom is -0.396 e. The van der Waals surface area contributed by atoms with Gasteiger partial charge in [0.1, 0.15) is 0 Å². The largest absolute Gasteiger partial charge is 0.396 e. The maximum Gasteiger partial charge on any atom is 0.0431 e. The van der Waals surface area contributed by atoms with Crippen LogP contribution in [0, 0.1) is 23.7 Å². The molecule has 0 radical (unpaired) electrons. The van der Waals surface area contributed by atoms with E-state index in [1.165, 1.54) is 38.5 Å². The molecule has 0 aliphatic carbocycles. The summed E-state index contributed by atoms with van der Waals surface area (Å²) in [4.78, 5) is 0. The van der Waals surface area contributed by atoms with Gasteiger partial charge in [-0.15, -0.1) is 0 Å². The Kier molecular flexibility index (Phi) is 10.8. The molecule has 0 spiro atoms. The first-order valence-electron chi connectivity index (χ1n) is 8.19. The Balaban J connectivity index is 4.35. The van der Waals surface area contributed by atoms with Gasteiger partial charge in [-0.3, -0.25) is 0 Å². The van der Waals surface area contributed by atoms with Crippen molar-refractivity contribution in [1.82, 2.24) is 0 Å². The fourth-order valence-electron chi connectivity index (χ4n) is 3.16. The highest BCUT2D eigenvalue weighted by molar-refractivity contribution is 4.75. The number of hydrogen-bond acceptors (Lipinski definition) is 1. The van der Waals surface area contributed by atoms with Gasteiger partial charge < -0.3 is 5.11 Å². The smallest absolute Gasteiger partial charge is 0.0431 e. The molecule has 0 aromatic rings. The van der Waals surface area contributed by atoms with Gasteiger partial charge in [0.25, 0.3) is 0 Å². The van der Waals surface area contributed by atoms with Gasteiger partial charge in [0.05, 0.1) is 0 Å². The second-order valence-electron chi connectivity index (χ2n) is 6.25. The van der Waals surface area contributed by atoms with Gasteiger partial charge >= 0.3 is 0 Å². The Hall–Kier alpha value is -0.0400. The molecular weight excluding hydrogens is 220 g/mol. The fourth-order valence-corrected chi connectivity index (χ4v) is 3.16. The highest BCUT2D eigenvalue weighted by Gasteiger charge is 2.25. The lowest BCUT2D eigenvalue weighted by molar-refractivity contribution is 0.164. The molecule has 18 heavy (non-hydrogen) atoms. The van der Waals surface area contributed by atoms with Crippen molar-refractivity contribution in [1.29, 1.82) is 0 Å². The highest BCUT2D eigenvalue weighted by atomic mass is 16.2. The molecular formula is C17H36O. The van der Waals surface area contributed by atoms with Gasteiger partial charge in [-0.2, -0.15) is 0 Å². The lowest BCUT2D eigenvalue weighted by atomic mass is 9.73. The number of rotatable bonds is 11. The molecule has 0 amide bonds. The molecule has 4 unspecified atom stereocenters. The van der Waals surface area contributed by atoms with E-state index in [0.29, 0.717) is 6.61 Å². The number of hydrogen-bond donors (Lipinski definition) is 1.